The summed E-state index contributed by atoms with van der Waals surface area (Å²) in [6.45, 7) is 10.5. The molecule has 0 radical (unpaired) electrons. The number of benzene rings is 1. The fourth-order valence-corrected chi connectivity index (χ4v) is 6.49. The molecular formula is C31H43N3O4S. The number of ether oxygens (including phenoxy) is 1. The number of ketones is 1. The van der Waals surface area contributed by atoms with Crippen LogP contribution in [0.2, 0.25) is 0 Å². The normalized spacial score (nSPS) is 19.9. The highest BCUT2D eigenvalue weighted by atomic mass is 32.1. The van der Waals surface area contributed by atoms with E-state index < -0.39 is 6.04 Å². The first-order chi connectivity index (χ1) is 18.6. The van der Waals surface area contributed by atoms with Gasteiger partial charge in [0.05, 0.1) is 6.04 Å². The predicted octanol–water partition coefficient (Wildman–Crippen LogP) is 6.33. The lowest BCUT2D eigenvalue weighted by molar-refractivity contribution is -0.140. The Morgan fingerprint density at radius 2 is 1.87 bits per heavy atom. The number of carbonyl (C=O) groups excluding carboxylic acids is 3. The molecule has 39 heavy (non-hydrogen) atoms. The zero-order valence-corrected chi connectivity index (χ0v) is 24.8. The van der Waals surface area contributed by atoms with Gasteiger partial charge in [-0.25, -0.2) is 4.98 Å². The van der Waals surface area contributed by atoms with Crippen molar-refractivity contribution in [3.8, 4) is 5.75 Å². The lowest BCUT2D eigenvalue weighted by atomic mass is 9.83. The van der Waals surface area contributed by atoms with Gasteiger partial charge in [0.25, 0.3) is 0 Å². The van der Waals surface area contributed by atoms with Gasteiger partial charge in [-0.15, -0.1) is 11.3 Å². The number of nitrogens with zero attached hydrogens (tertiary/aromatic N) is 2. The van der Waals surface area contributed by atoms with Gasteiger partial charge in [0.15, 0.2) is 0 Å². The third kappa shape index (κ3) is 7.27. The van der Waals surface area contributed by atoms with Crippen molar-refractivity contribution >= 4 is 28.9 Å². The van der Waals surface area contributed by atoms with Crippen LogP contribution in [0.3, 0.4) is 0 Å². The minimum atomic E-state index is -0.501. The Balaban J connectivity index is 1.52. The first-order valence-corrected chi connectivity index (χ1v) is 15.4. The summed E-state index contributed by atoms with van der Waals surface area (Å²) in [5, 5.41) is 5.71. The molecule has 1 aromatic heterocycles. The number of amides is 2. The van der Waals surface area contributed by atoms with E-state index in [1.165, 1.54) is 17.8 Å². The van der Waals surface area contributed by atoms with Crippen LogP contribution in [0, 0.1) is 11.8 Å². The van der Waals surface area contributed by atoms with Gasteiger partial charge < -0.3 is 15.0 Å². The molecule has 1 unspecified atom stereocenters. The highest BCUT2D eigenvalue weighted by Crippen LogP contribution is 2.37. The maximum Gasteiger partial charge on any atom is 0.246 e. The van der Waals surface area contributed by atoms with Crippen LogP contribution in [-0.4, -0.2) is 45.7 Å². The van der Waals surface area contributed by atoms with Crippen molar-refractivity contribution in [3.05, 3.63) is 45.9 Å². The summed E-state index contributed by atoms with van der Waals surface area (Å²) in [6.07, 6.45) is 7.72. The third-order valence-corrected chi connectivity index (χ3v) is 8.79. The second kappa shape index (κ2) is 12.6. The average molecular weight is 554 g/mol. The van der Waals surface area contributed by atoms with E-state index in [0.29, 0.717) is 23.6 Å². The van der Waals surface area contributed by atoms with Crippen LogP contribution in [0.1, 0.15) is 113 Å². The number of hydrogen-bond acceptors (Lipinski definition) is 6. The van der Waals surface area contributed by atoms with Crippen LogP contribution in [0.25, 0.3) is 0 Å². The summed E-state index contributed by atoms with van der Waals surface area (Å²) in [5.41, 5.74) is 0.548. The van der Waals surface area contributed by atoms with E-state index in [1.807, 2.05) is 51.7 Å². The number of carbonyl (C=O) groups is 3. The molecule has 0 bridgehead atoms. The van der Waals surface area contributed by atoms with Gasteiger partial charge in [0.2, 0.25) is 17.6 Å². The average Bonchev–Trinajstić information content (AvgIpc) is 3.60. The highest BCUT2D eigenvalue weighted by Gasteiger charge is 2.40. The second-order valence-electron chi connectivity index (χ2n) is 12.0. The summed E-state index contributed by atoms with van der Waals surface area (Å²) < 4.78 is 5.93. The molecule has 2 aromatic rings. The molecule has 2 aliphatic rings. The minimum absolute atomic E-state index is 0.00356. The van der Waals surface area contributed by atoms with E-state index in [2.05, 4.69) is 5.32 Å². The molecule has 212 valence electrons. The van der Waals surface area contributed by atoms with Gasteiger partial charge in [0, 0.05) is 23.4 Å². The Morgan fingerprint density at radius 1 is 1.13 bits per heavy atom. The maximum absolute atomic E-state index is 14.0. The Labute approximate surface area is 236 Å². The fraction of sp³-hybridized carbons (Fsp3) is 0.613. The predicted molar refractivity (Wildman–Crippen MR) is 154 cm³/mol. The summed E-state index contributed by atoms with van der Waals surface area (Å²) >= 11 is 1.43. The minimum Gasteiger partial charge on any atom is -0.488 e. The van der Waals surface area contributed by atoms with Crippen LogP contribution in [0.4, 0.5) is 0 Å². The summed E-state index contributed by atoms with van der Waals surface area (Å²) in [5.74, 6) is 0.473. The molecule has 3 atom stereocenters. The molecule has 4 rings (SSSR count). The standard InChI is InChI=1S/C31H43N3O4S/c1-6-20(2)28(36)33-26(21-12-8-7-9-13-21)30(37)34-17-11-16-25(34)29-32-24(19-39-29)27(35)22-14-10-15-23(18-22)38-31(3,4)5/h10,14-15,18-21,25-26H,6-9,11-13,16-17H2,1-5H3,(H,33,36)/t20-,25?,26+/m1/s1. The number of thiazole rings is 1. The van der Waals surface area contributed by atoms with E-state index in [4.69, 9.17) is 9.72 Å². The van der Waals surface area contributed by atoms with Gasteiger partial charge >= 0.3 is 0 Å². The number of hydrogen-bond donors (Lipinski definition) is 1. The molecule has 2 fully saturated rings. The summed E-state index contributed by atoms with van der Waals surface area (Å²) in [6, 6.07) is 6.52. The van der Waals surface area contributed by atoms with Gasteiger partial charge in [-0.1, -0.05) is 45.2 Å². The van der Waals surface area contributed by atoms with Crippen molar-refractivity contribution in [1.29, 1.82) is 0 Å². The maximum atomic E-state index is 14.0. The third-order valence-electron chi connectivity index (χ3n) is 7.84. The molecule has 1 saturated carbocycles. The number of rotatable bonds is 9. The molecular weight excluding hydrogens is 510 g/mol. The molecule has 1 saturated heterocycles. The Morgan fingerprint density at radius 3 is 2.56 bits per heavy atom. The zero-order valence-electron chi connectivity index (χ0n) is 24.0. The van der Waals surface area contributed by atoms with Crippen LogP contribution < -0.4 is 10.1 Å². The van der Waals surface area contributed by atoms with Gasteiger partial charge in [0.1, 0.15) is 28.1 Å². The van der Waals surface area contributed by atoms with E-state index in [9.17, 15) is 14.4 Å². The number of likely N-dealkylation sites (tertiary alicyclic amines) is 1. The topological polar surface area (TPSA) is 88.6 Å². The van der Waals surface area contributed by atoms with Crippen LogP contribution >= 0.6 is 11.3 Å². The van der Waals surface area contributed by atoms with E-state index in [1.54, 1.807) is 17.5 Å². The fourth-order valence-electron chi connectivity index (χ4n) is 5.54. The molecule has 8 heteroatoms. The first-order valence-electron chi connectivity index (χ1n) is 14.5. The second-order valence-corrected chi connectivity index (χ2v) is 12.9. The monoisotopic (exact) mass is 553 g/mol. The van der Waals surface area contributed by atoms with E-state index in [-0.39, 0.29) is 41.1 Å². The van der Waals surface area contributed by atoms with E-state index >= 15 is 0 Å². The molecule has 7 nitrogen and oxygen atoms in total. The molecule has 0 spiro atoms. The zero-order chi connectivity index (χ0) is 28.2. The van der Waals surface area contributed by atoms with Crippen molar-refractivity contribution < 1.29 is 19.1 Å². The van der Waals surface area contributed by atoms with Crippen LogP contribution in [0.5, 0.6) is 5.75 Å². The van der Waals surface area contributed by atoms with Crippen molar-refractivity contribution in [1.82, 2.24) is 15.2 Å². The smallest absolute Gasteiger partial charge is 0.246 e. The molecule has 1 aromatic carbocycles. The molecule has 1 aliphatic heterocycles. The SMILES string of the molecule is CC[C@@H](C)C(=O)N[C@H](C(=O)N1CCCC1c1nc(C(=O)c2cccc(OC(C)(C)C)c2)cs1)C1CCCCC1. The van der Waals surface area contributed by atoms with Crippen molar-refractivity contribution in [3.63, 3.8) is 0 Å². The van der Waals surface area contributed by atoms with E-state index in [0.717, 1.165) is 50.0 Å². The Kier molecular flexibility index (Phi) is 9.47. The molecule has 2 amide bonds. The summed E-state index contributed by atoms with van der Waals surface area (Å²) in [7, 11) is 0. The van der Waals surface area contributed by atoms with Crippen LogP contribution in [-0.2, 0) is 9.59 Å². The van der Waals surface area contributed by atoms with Crippen molar-refractivity contribution in [2.24, 2.45) is 11.8 Å². The van der Waals surface area contributed by atoms with Gasteiger partial charge in [-0.2, -0.15) is 0 Å². The lowest BCUT2D eigenvalue weighted by Gasteiger charge is -2.35. The Hall–Kier alpha value is -2.74. The largest absolute Gasteiger partial charge is 0.488 e. The summed E-state index contributed by atoms with van der Waals surface area (Å²) in [4.78, 5) is 46.8. The van der Waals surface area contributed by atoms with Crippen molar-refractivity contribution in [2.75, 3.05) is 6.54 Å². The lowest BCUT2D eigenvalue weighted by Crippen LogP contribution is -2.53. The molecule has 1 aliphatic carbocycles. The van der Waals surface area contributed by atoms with Crippen LogP contribution in [0.15, 0.2) is 29.6 Å². The van der Waals surface area contributed by atoms with Gasteiger partial charge in [-0.05, 0) is 70.9 Å². The number of nitrogens with one attached hydrogen (secondary N) is 1. The molecule has 1 N–H and O–H groups in total. The quantitative estimate of drug-likeness (QED) is 0.367. The molecule has 2 heterocycles. The highest BCUT2D eigenvalue weighted by molar-refractivity contribution is 7.10. The first kappa shape index (κ1) is 29.2. The van der Waals surface area contributed by atoms with Gasteiger partial charge in [-0.3, -0.25) is 14.4 Å². The Bertz CT molecular complexity index is 1160. The number of aromatic nitrogens is 1. The van der Waals surface area contributed by atoms with Crippen molar-refractivity contribution in [2.45, 2.75) is 104 Å².